The second kappa shape index (κ2) is 14.1. The van der Waals surface area contributed by atoms with Crippen LogP contribution in [0, 0.1) is 31.3 Å². The lowest BCUT2D eigenvalue weighted by molar-refractivity contribution is -0.137. The van der Waals surface area contributed by atoms with Crippen LogP contribution in [0.25, 0.3) is 16.8 Å². The van der Waals surface area contributed by atoms with Crippen molar-refractivity contribution in [2.75, 3.05) is 6.54 Å². The number of amides is 2. The number of rotatable bonds is 10. The number of fused-ring (bicyclic) bond motifs is 1. The summed E-state index contributed by atoms with van der Waals surface area (Å²) in [4.78, 5) is 37.5. The van der Waals surface area contributed by atoms with Gasteiger partial charge in [-0.15, -0.1) is 0 Å². The van der Waals surface area contributed by atoms with Gasteiger partial charge in [-0.25, -0.2) is 22.7 Å². The first-order valence-corrected chi connectivity index (χ1v) is 12.8. The molecule has 41 heavy (non-hydrogen) atoms. The third-order valence-electron chi connectivity index (χ3n) is 6.19. The molecule has 0 radical (unpaired) electrons. The predicted molar refractivity (Wildman–Crippen MR) is 146 cm³/mol. The van der Waals surface area contributed by atoms with E-state index in [0.717, 1.165) is 18.9 Å². The summed E-state index contributed by atoms with van der Waals surface area (Å²) in [5.41, 5.74) is 2.70. The van der Waals surface area contributed by atoms with Crippen molar-refractivity contribution < 1.29 is 32.7 Å². The normalized spacial score (nSPS) is 11.4. The number of nitrogens with zero attached hydrogens (tertiary/aromatic N) is 3. The van der Waals surface area contributed by atoms with Gasteiger partial charge in [-0.1, -0.05) is 13.3 Å². The number of aryl methyl sites for hydroxylation is 2. The quantitative estimate of drug-likeness (QED) is 0.184. The lowest BCUT2D eigenvalue weighted by Gasteiger charge is -2.18. The predicted octanol–water partition coefficient (Wildman–Crippen LogP) is 4.91. The molecule has 0 aliphatic rings. The Bertz CT molecular complexity index is 1530. The number of aromatic nitrogens is 3. The molecule has 0 aliphatic carbocycles. The number of halogens is 3. The lowest BCUT2D eigenvalue weighted by atomic mass is 9.92. The molecule has 0 fully saturated rings. The van der Waals surface area contributed by atoms with Gasteiger partial charge in [-0.3, -0.25) is 14.4 Å². The zero-order chi connectivity index (χ0) is 30.1. The van der Waals surface area contributed by atoms with Crippen molar-refractivity contribution in [3.8, 4) is 11.1 Å². The average molecular weight is 570 g/mol. The number of carboxylic acids is 1. The molecule has 0 aliphatic heterocycles. The fraction of sp³-hybridized carbons (Fsp3) is 0.276. The van der Waals surface area contributed by atoms with E-state index < -0.39 is 35.9 Å². The average Bonchev–Trinajstić information content (AvgIpc) is 3.34. The number of hydrogen-bond donors (Lipinski definition) is 3. The van der Waals surface area contributed by atoms with Gasteiger partial charge in [0.05, 0.1) is 18.7 Å². The minimum Gasteiger partial charge on any atom is -0.481 e. The van der Waals surface area contributed by atoms with Crippen LogP contribution in [0.3, 0.4) is 0 Å². The molecule has 2 heterocycles. The molecule has 9 nitrogen and oxygen atoms in total. The zero-order valence-electron chi connectivity index (χ0n) is 22.7. The summed E-state index contributed by atoms with van der Waals surface area (Å²) in [6, 6.07) is 7.14. The maximum Gasteiger partial charge on any atom is 0.305 e. The summed E-state index contributed by atoms with van der Waals surface area (Å²) >= 11 is 0. The van der Waals surface area contributed by atoms with Crippen LogP contribution in [0.5, 0.6) is 0 Å². The van der Waals surface area contributed by atoms with Crippen molar-refractivity contribution in [3.63, 3.8) is 0 Å². The van der Waals surface area contributed by atoms with Crippen molar-refractivity contribution in [2.24, 2.45) is 0 Å². The van der Waals surface area contributed by atoms with Gasteiger partial charge in [0.2, 0.25) is 6.41 Å². The van der Waals surface area contributed by atoms with Crippen molar-refractivity contribution in [3.05, 3.63) is 88.6 Å². The molecular formula is C29H30F3N5O4. The maximum absolute atomic E-state index is 14.2. The van der Waals surface area contributed by atoms with Crippen LogP contribution in [0.15, 0.2) is 48.8 Å². The van der Waals surface area contributed by atoms with E-state index in [1.807, 2.05) is 6.07 Å². The van der Waals surface area contributed by atoms with Crippen molar-refractivity contribution in [1.82, 2.24) is 25.2 Å². The summed E-state index contributed by atoms with van der Waals surface area (Å²) in [5, 5.41) is 18.0. The number of carboxylic acid groups (broad SMARTS) is 1. The van der Waals surface area contributed by atoms with Crippen molar-refractivity contribution in [2.45, 2.75) is 46.1 Å². The van der Waals surface area contributed by atoms with E-state index in [-0.39, 0.29) is 23.4 Å². The molecule has 0 saturated carbocycles. The van der Waals surface area contributed by atoms with Gasteiger partial charge in [-0.05, 0) is 78.9 Å². The third-order valence-corrected chi connectivity index (χ3v) is 6.19. The maximum atomic E-state index is 14.2. The molecular weight excluding hydrogens is 539 g/mol. The highest BCUT2D eigenvalue weighted by Crippen LogP contribution is 2.33. The number of hydrogen-bond acceptors (Lipinski definition) is 5. The second-order valence-electron chi connectivity index (χ2n) is 9.26. The second-order valence-corrected chi connectivity index (χ2v) is 9.26. The van der Waals surface area contributed by atoms with Crippen LogP contribution >= 0.6 is 0 Å². The summed E-state index contributed by atoms with van der Waals surface area (Å²) in [6.07, 6.45) is 4.84. The monoisotopic (exact) mass is 569 g/mol. The SMILES string of the molecule is CCCCNC(=O)c1cnc2cccnn12.Cc1cc(F)cc(C)c1-c1cc(F)c(F)c(C(CC(=O)O)NC=O)c1. The van der Waals surface area contributed by atoms with Crippen LogP contribution < -0.4 is 10.6 Å². The molecule has 3 N–H and O–H groups in total. The zero-order valence-corrected chi connectivity index (χ0v) is 22.7. The van der Waals surface area contributed by atoms with Crippen molar-refractivity contribution >= 4 is 23.9 Å². The van der Waals surface area contributed by atoms with Crippen LogP contribution in [0.1, 0.15) is 59.4 Å². The number of carbonyl (C=O) groups excluding carboxylic acids is 2. The molecule has 4 aromatic rings. The molecule has 1 atom stereocenters. The molecule has 0 bridgehead atoms. The number of aliphatic carboxylic acids is 1. The fourth-order valence-corrected chi connectivity index (χ4v) is 4.34. The Balaban J connectivity index is 0.000000248. The van der Waals surface area contributed by atoms with Gasteiger partial charge < -0.3 is 15.7 Å². The van der Waals surface area contributed by atoms with Crippen molar-refractivity contribution in [1.29, 1.82) is 0 Å². The van der Waals surface area contributed by atoms with Gasteiger partial charge in [0, 0.05) is 18.3 Å². The Morgan fingerprint density at radius 3 is 2.46 bits per heavy atom. The third kappa shape index (κ3) is 7.68. The summed E-state index contributed by atoms with van der Waals surface area (Å²) in [6.45, 7) is 6.03. The summed E-state index contributed by atoms with van der Waals surface area (Å²) in [7, 11) is 0. The van der Waals surface area contributed by atoms with Crippen LogP contribution in [-0.2, 0) is 9.59 Å². The Labute approximate surface area is 234 Å². The van der Waals surface area contributed by atoms with Gasteiger partial charge >= 0.3 is 5.97 Å². The van der Waals surface area contributed by atoms with E-state index in [9.17, 15) is 27.6 Å². The van der Waals surface area contributed by atoms with E-state index in [2.05, 4.69) is 27.6 Å². The Morgan fingerprint density at radius 2 is 1.83 bits per heavy atom. The molecule has 0 spiro atoms. The summed E-state index contributed by atoms with van der Waals surface area (Å²) < 4.78 is 43.3. The Hall–Kier alpha value is -4.74. The minimum absolute atomic E-state index is 0.125. The van der Waals surface area contributed by atoms with Gasteiger partial charge in [0.1, 0.15) is 11.5 Å². The van der Waals surface area contributed by atoms with Gasteiger partial charge in [0.25, 0.3) is 5.91 Å². The molecule has 2 aromatic heterocycles. The van der Waals surface area contributed by atoms with E-state index in [4.69, 9.17) is 5.11 Å². The number of imidazole rings is 1. The Morgan fingerprint density at radius 1 is 1.12 bits per heavy atom. The molecule has 12 heteroatoms. The molecule has 1 unspecified atom stereocenters. The number of benzene rings is 2. The Kier molecular flexibility index (Phi) is 10.6. The molecule has 4 rings (SSSR count). The highest BCUT2D eigenvalue weighted by atomic mass is 19.2. The topological polar surface area (TPSA) is 126 Å². The molecule has 2 amide bonds. The van der Waals surface area contributed by atoms with Crippen LogP contribution in [0.4, 0.5) is 13.2 Å². The number of carbonyl (C=O) groups is 3. The fourth-order valence-electron chi connectivity index (χ4n) is 4.34. The summed E-state index contributed by atoms with van der Waals surface area (Å²) in [5.74, 6) is -4.27. The standard InChI is InChI=1S/C18H16F3NO3.C11H14N4O/c1-9-3-12(19)4-10(2)17(9)11-5-13(18(21)14(20)6-11)15(22-8-23)7-16(24)25;1-2-3-6-12-11(16)9-8-13-10-5-4-7-14-15(9)10/h3-6,8,15H,7H2,1-2H3,(H,22,23)(H,24,25);4-5,7-8H,2-3,6H2,1H3,(H,12,16). The number of nitrogens with one attached hydrogen (secondary N) is 2. The lowest BCUT2D eigenvalue weighted by Crippen LogP contribution is -2.25. The first kappa shape index (κ1) is 30.8. The molecule has 2 aromatic carbocycles. The van der Waals surface area contributed by atoms with Gasteiger partial charge in [0.15, 0.2) is 17.3 Å². The van der Waals surface area contributed by atoms with Crippen LogP contribution in [0.2, 0.25) is 0 Å². The van der Waals surface area contributed by atoms with E-state index in [1.54, 1.807) is 36.8 Å². The molecule has 0 saturated heterocycles. The number of unbranched alkanes of at least 4 members (excludes halogenated alkanes) is 1. The first-order chi connectivity index (χ1) is 19.6. The van der Waals surface area contributed by atoms with E-state index in [0.29, 0.717) is 34.6 Å². The molecule has 216 valence electrons. The van der Waals surface area contributed by atoms with Gasteiger partial charge in [-0.2, -0.15) is 5.10 Å². The largest absolute Gasteiger partial charge is 0.481 e. The van der Waals surface area contributed by atoms with E-state index in [1.165, 1.54) is 18.2 Å². The first-order valence-electron chi connectivity index (χ1n) is 12.8. The highest BCUT2D eigenvalue weighted by molar-refractivity contribution is 5.93. The van der Waals surface area contributed by atoms with Crippen LogP contribution in [-0.4, -0.2) is 44.5 Å². The highest BCUT2D eigenvalue weighted by Gasteiger charge is 2.23. The smallest absolute Gasteiger partial charge is 0.305 e. The minimum atomic E-state index is -1.28. The van der Waals surface area contributed by atoms with E-state index >= 15 is 0 Å².